The fourth-order valence-electron chi connectivity index (χ4n) is 3.17. The number of benzene rings is 1. The Bertz CT molecular complexity index is 1200. The summed E-state index contributed by atoms with van der Waals surface area (Å²) in [7, 11) is -3.34. The molecule has 9 nitrogen and oxygen atoms in total. The quantitative estimate of drug-likeness (QED) is 0.581. The average molecular weight is 443 g/mol. The molecule has 1 aromatic carbocycles. The van der Waals surface area contributed by atoms with Crippen molar-refractivity contribution in [1.82, 2.24) is 19.7 Å². The molecule has 2 heterocycles. The minimum atomic E-state index is -3.34. The molecule has 164 valence electrons. The van der Waals surface area contributed by atoms with E-state index in [0.29, 0.717) is 17.3 Å². The molecular weight excluding hydrogens is 416 g/mol. The predicted octanol–water partition coefficient (Wildman–Crippen LogP) is 2.84. The predicted molar refractivity (Wildman–Crippen MR) is 120 cm³/mol. The number of rotatable bonds is 7. The average Bonchev–Trinajstić information content (AvgIpc) is 2.97. The highest BCUT2D eigenvalue weighted by atomic mass is 32.2. The Labute approximate surface area is 182 Å². The number of carbonyl (C=O) groups excluding carboxylic acids is 1. The fourth-order valence-corrected chi connectivity index (χ4v) is 3.81. The van der Waals surface area contributed by atoms with Gasteiger partial charge >= 0.3 is 0 Å². The van der Waals surface area contributed by atoms with E-state index in [-0.39, 0.29) is 18.1 Å². The first-order valence-corrected chi connectivity index (χ1v) is 11.5. The van der Waals surface area contributed by atoms with Crippen LogP contribution in [0.5, 0.6) is 0 Å². The molecule has 0 aliphatic carbocycles. The van der Waals surface area contributed by atoms with Gasteiger partial charge in [0, 0.05) is 34.0 Å². The minimum absolute atomic E-state index is 0.00890. The highest BCUT2D eigenvalue weighted by Gasteiger charge is 2.18. The Morgan fingerprint density at radius 1 is 1.00 bits per heavy atom. The largest absolute Gasteiger partial charge is 0.326 e. The van der Waals surface area contributed by atoms with Crippen LogP contribution in [-0.2, 0) is 21.2 Å². The van der Waals surface area contributed by atoms with Gasteiger partial charge in [0.05, 0.1) is 17.9 Å². The number of aryl methyl sites for hydroxylation is 3. The van der Waals surface area contributed by atoms with Gasteiger partial charge in [-0.1, -0.05) is 0 Å². The SMILES string of the molecule is CCS(=O)(=O)Nc1ccc(NC(=O)Cc2c(C)nn(-c3nc(C)cc(C)n3)c2C)cc1. The van der Waals surface area contributed by atoms with Crippen molar-refractivity contribution < 1.29 is 13.2 Å². The zero-order valence-electron chi connectivity index (χ0n) is 18.2. The van der Waals surface area contributed by atoms with Gasteiger partial charge in [-0.3, -0.25) is 9.52 Å². The number of amides is 1. The summed E-state index contributed by atoms with van der Waals surface area (Å²) in [5, 5.41) is 7.35. The second-order valence-corrected chi connectivity index (χ2v) is 9.33. The van der Waals surface area contributed by atoms with E-state index in [1.165, 1.54) is 0 Å². The smallest absolute Gasteiger partial charge is 0.251 e. The number of sulfonamides is 1. The number of nitrogens with one attached hydrogen (secondary N) is 2. The van der Waals surface area contributed by atoms with Crippen LogP contribution in [0.4, 0.5) is 11.4 Å². The molecule has 0 atom stereocenters. The Morgan fingerprint density at radius 2 is 1.58 bits per heavy atom. The van der Waals surface area contributed by atoms with Crippen molar-refractivity contribution in [2.24, 2.45) is 0 Å². The molecule has 2 aromatic heterocycles. The monoisotopic (exact) mass is 442 g/mol. The summed E-state index contributed by atoms with van der Waals surface area (Å²) < 4.78 is 27.4. The molecular formula is C21H26N6O3S. The topological polar surface area (TPSA) is 119 Å². The summed E-state index contributed by atoms with van der Waals surface area (Å²) in [6, 6.07) is 8.40. The zero-order chi connectivity index (χ0) is 22.8. The summed E-state index contributed by atoms with van der Waals surface area (Å²) in [6.07, 6.45) is 0.146. The maximum atomic E-state index is 12.6. The van der Waals surface area contributed by atoms with Crippen molar-refractivity contribution in [2.75, 3.05) is 15.8 Å². The van der Waals surface area contributed by atoms with Gasteiger partial charge in [-0.15, -0.1) is 0 Å². The normalized spacial score (nSPS) is 11.4. The molecule has 2 N–H and O–H groups in total. The third-order valence-electron chi connectivity index (χ3n) is 4.76. The lowest BCUT2D eigenvalue weighted by molar-refractivity contribution is -0.115. The van der Waals surface area contributed by atoms with Crippen LogP contribution < -0.4 is 10.0 Å². The lowest BCUT2D eigenvalue weighted by Crippen LogP contribution is -2.16. The van der Waals surface area contributed by atoms with Crippen LogP contribution in [0.15, 0.2) is 30.3 Å². The lowest BCUT2D eigenvalue weighted by atomic mass is 10.1. The number of nitrogens with zero attached hydrogens (tertiary/aromatic N) is 4. The molecule has 0 aliphatic rings. The molecule has 0 fully saturated rings. The number of anilines is 2. The third kappa shape index (κ3) is 5.46. The molecule has 31 heavy (non-hydrogen) atoms. The standard InChI is InChI=1S/C21H26N6O3S/c1-6-31(29,30)26-18-9-7-17(8-10-18)24-20(28)12-19-15(4)25-27(16(19)5)21-22-13(2)11-14(3)23-21/h7-11,26H,6,12H2,1-5H3,(H,24,28). The summed E-state index contributed by atoms with van der Waals surface area (Å²) in [5.41, 5.74) is 5.07. The highest BCUT2D eigenvalue weighted by Crippen LogP contribution is 2.19. The lowest BCUT2D eigenvalue weighted by Gasteiger charge is -2.09. The van der Waals surface area contributed by atoms with Crippen molar-refractivity contribution >= 4 is 27.3 Å². The highest BCUT2D eigenvalue weighted by molar-refractivity contribution is 7.92. The van der Waals surface area contributed by atoms with Gasteiger partial charge in [-0.25, -0.2) is 23.1 Å². The number of hydrogen-bond acceptors (Lipinski definition) is 6. The van der Waals surface area contributed by atoms with Gasteiger partial charge in [0.25, 0.3) is 5.95 Å². The van der Waals surface area contributed by atoms with E-state index in [2.05, 4.69) is 25.1 Å². The van der Waals surface area contributed by atoms with E-state index in [9.17, 15) is 13.2 Å². The Balaban J connectivity index is 1.73. The van der Waals surface area contributed by atoms with Gasteiger partial charge in [-0.05, 0) is 65.0 Å². The second kappa shape index (κ2) is 8.84. The number of aromatic nitrogens is 4. The maximum absolute atomic E-state index is 12.6. The molecule has 0 unspecified atom stereocenters. The van der Waals surface area contributed by atoms with Crippen LogP contribution in [0.25, 0.3) is 5.95 Å². The van der Waals surface area contributed by atoms with Gasteiger partial charge in [-0.2, -0.15) is 5.10 Å². The molecule has 0 spiro atoms. The first-order chi connectivity index (χ1) is 14.6. The molecule has 0 saturated heterocycles. The van der Waals surface area contributed by atoms with Crippen LogP contribution in [0.2, 0.25) is 0 Å². The van der Waals surface area contributed by atoms with E-state index < -0.39 is 10.0 Å². The third-order valence-corrected chi connectivity index (χ3v) is 6.07. The Hall–Kier alpha value is -3.27. The summed E-state index contributed by atoms with van der Waals surface area (Å²) in [5.74, 6) is 0.272. The van der Waals surface area contributed by atoms with Crippen molar-refractivity contribution in [1.29, 1.82) is 0 Å². The number of hydrogen-bond donors (Lipinski definition) is 2. The van der Waals surface area contributed by atoms with Crippen molar-refractivity contribution in [3.63, 3.8) is 0 Å². The van der Waals surface area contributed by atoms with Gasteiger partial charge < -0.3 is 5.32 Å². The van der Waals surface area contributed by atoms with Crippen LogP contribution >= 0.6 is 0 Å². The zero-order valence-corrected chi connectivity index (χ0v) is 19.0. The molecule has 1 amide bonds. The minimum Gasteiger partial charge on any atom is -0.326 e. The molecule has 10 heteroatoms. The second-order valence-electron chi connectivity index (χ2n) is 7.32. The first kappa shape index (κ1) is 22.4. The Morgan fingerprint density at radius 3 is 2.16 bits per heavy atom. The summed E-state index contributed by atoms with van der Waals surface area (Å²) in [6.45, 7) is 9.10. The van der Waals surface area contributed by atoms with Gasteiger partial charge in [0.2, 0.25) is 15.9 Å². The Kier molecular flexibility index (Phi) is 6.40. The molecule has 0 radical (unpaired) electrons. The van der Waals surface area contributed by atoms with Gasteiger partial charge in [0.15, 0.2) is 0 Å². The van der Waals surface area contributed by atoms with Crippen molar-refractivity contribution in [2.45, 2.75) is 41.0 Å². The van der Waals surface area contributed by atoms with Crippen molar-refractivity contribution in [3.05, 3.63) is 58.7 Å². The summed E-state index contributed by atoms with van der Waals surface area (Å²) >= 11 is 0. The van der Waals surface area contributed by atoms with Crippen LogP contribution in [-0.4, -0.2) is 39.8 Å². The maximum Gasteiger partial charge on any atom is 0.251 e. The molecule has 0 saturated carbocycles. The molecule has 3 rings (SSSR count). The van der Waals surface area contributed by atoms with Crippen LogP contribution in [0, 0.1) is 27.7 Å². The summed E-state index contributed by atoms with van der Waals surface area (Å²) in [4.78, 5) is 21.5. The fraction of sp³-hybridized carbons (Fsp3) is 0.333. The molecule has 3 aromatic rings. The van der Waals surface area contributed by atoms with E-state index >= 15 is 0 Å². The van der Waals surface area contributed by atoms with E-state index in [4.69, 9.17) is 0 Å². The molecule has 0 aliphatic heterocycles. The van der Waals surface area contributed by atoms with E-state index in [1.54, 1.807) is 35.9 Å². The van der Waals surface area contributed by atoms with Gasteiger partial charge in [0.1, 0.15) is 0 Å². The number of carbonyl (C=O) groups is 1. The first-order valence-electron chi connectivity index (χ1n) is 9.86. The van der Waals surface area contributed by atoms with E-state index in [1.807, 2.05) is 33.8 Å². The van der Waals surface area contributed by atoms with Crippen molar-refractivity contribution in [3.8, 4) is 5.95 Å². The molecule has 0 bridgehead atoms. The van der Waals surface area contributed by atoms with E-state index in [0.717, 1.165) is 28.3 Å². The van der Waals surface area contributed by atoms with Crippen LogP contribution in [0.1, 0.15) is 35.3 Å². The van der Waals surface area contributed by atoms with Crippen LogP contribution in [0.3, 0.4) is 0 Å².